The summed E-state index contributed by atoms with van der Waals surface area (Å²) in [6, 6.07) is 7.58. The normalized spacial score (nSPS) is 14.5. The van der Waals surface area contributed by atoms with Gasteiger partial charge in [0.15, 0.2) is 5.71 Å². The van der Waals surface area contributed by atoms with Gasteiger partial charge >= 0.3 is 5.97 Å². The van der Waals surface area contributed by atoms with E-state index in [1.54, 1.807) is 6.92 Å². The first-order valence-corrected chi connectivity index (χ1v) is 8.86. The second kappa shape index (κ2) is 7.39. The second-order valence-electron chi connectivity index (χ2n) is 7.35. The highest BCUT2D eigenvalue weighted by atomic mass is 32.2. The summed E-state index contributed by atoms with van der Waals surface area (Å²) in [6.07, 6.45) is 0. The fourth-order valence-corrected chi connectivity index (χ4v) is 2.37. The smallest absolute Gasteiger partial charge is 0.358 e. The molecule has 0 saturated heterocycles. The Kier molecular flexibility index (Phi) is 6.28. The molecule has 0 fully saturated rings. The van der Waals surface area contributed by atoms with Crippen LogP contribution in [-0.4, -0.2) is 27.2 Å². The Balaban J connectivity index is 3.28. The molecule has 0 N–H and O–H groups in total. The minimum Gasteiger partial charge on any atom is -0.461 e. The van der Waals surface area contributed by atoms with E-state index in [-0.39, 0.29) is 17.7 Å². The minimum absolute atomic E-state index is 0.0218. The quantitative estimate of drug-likeness (QED) is 0.620. The van der Waals surface area contributed by atoms with Gasteiger partial charge in [-0.25, -0.2) is 9.00 Å². The summed E-state index contributed by atoms with van der Waals surface area (Å²) >= 11 is 0. The number of hydrogen-bond acceptors (Lipinski definition) is 3. The van der Waals surface area contributed by atoms with Gasteiger partial charge in [0.25, 0.3) is 0 Å². The van der Waals surface area contributed by atoms with Crippen molar-refractivity contribution in [3.63, 3.8) is 0 Å². The van der Waals surface area contributed by atoms with Crippen molar-refractivity contribution in [3.05, 3.63) is 35.4 Å². The summed E-state index contributed by atoms with van der Waals surface area (Å²) in [5.74, 6) is -0.548. The van der Waals surface area contributed by atoms with Crippen LogP contribution in [0.25, 0.3) is 0 Å². The van der Waals surface area contributed by atoms with Crippen LogP contribution in [-0.2, 0) is 25.9 Å². The van der Waals surface area contributed by atoms with Crippen LogP contribution in [0.5, 0.6) is 0 Å². The molecule has 0 bridgehead atoms. The maximum Gasteiger partial charge on any atom is 0.358 e. The van der Waals surface area contributed by atoms with Gasteiger partial charge in [0.05, 0.1) is 11.4 Å². The molecular formula is C18H27NO3S. The summed E-state index contributed by atoms with van der Waals surface area (Å²) in [7, 11) is -1.53. The molecule has 1 rings (SSSR count). The van der Waals surface area contributed by atoms with Gasteiger partial charge in [0.2, 0.25) is 0 Å². The molecule has 0 aliphatic heterocycles. The first-order chi connectivity index (χ1) is 10.5. The lowest BCUT2D eigenvalue weighted by atomic mass is 9.86. The molecule has 0 heterocycles. The van der Waals surface area contributed by atoms with Crippen LogP contribution in [0, 0.1) is 0 Å². The zero-order chi connectivity index (χ0) is 17.8. The molecule has 0 unspecified atom stereocenters. The molecule has 5 heteroatoms. The van der Waals surface area contributed by atoms with Gasteiger partial charge in [-0.1, -0.05) is 45.0 Å². The van der Waals surface area contributed by atoms with Gasteiger partial charge in [-0.2, -0.15) is 4.40 Å². The van der Waals surface area contributed by atoms with E-state index in [2.05, 4.69) is 25.2 Å². The average molecular weight is 337 g/mol. The lowest BCUT2D eigenvalue weighted by Gasteiger charge is -2.19. The number of benzene rings is 1. The second-order valence-corrected chi connectivity index (χ2v) is 9.25. The number of hydrogen-bond donors (Lipinski definition) is 0. The number of carbonyl (C=O) groups is 1. The van der Waals surface area contributed by atoms with Gasteiger partial charge in [0, 0.05) is 5.56 Å². The number of nitrogens with zero attached hydrogens (tertiary/aromatic N) is 1. The topological polar surface area (TPSA) is 55.7 Å². The summed E-state index contributed by atoms with van der Waals surface area (Å²) in [6.45, 7) is 13.8. The minimum atomic E-state index is -1.53. The van der Waals surface area contributed by atoms with Crippen molar-refractivity contribution in [3.8, 4) is 0 Å². The Morgan fingerprint density at radius 1 is 1.09 bits per heavy atom. The predicted octanol–water partition coefficient (Wildman–Crippen LogP) is 3.80. The van der Waals surface area contributed by atoms with Gasteiger partial charge < -0.3 is 4.74 Å². The summed E-state index contributed by atoms with van der Waals surface area (Å²) in [4.78, 5) is 12.2. The summed E-state index contributed by atoms with van der Waals surface area (Å²) in [5, 5.41) is 0. The molecule has 0 aliphatic rings. The standard InChI is InChI=1S/C18H27NO3S/c1-8-22-16(20)15(19-23(21)18(5,6)7)13-9-11-14(12-10-13)17(2,3)4/h9-12H,8H2,1-7H3/b19-15+/t23-/m1/s1. The van der Waals surface area contributed by atoms with E-state index in [4.69, 9.17) is 4.74 Å². The zero-order valence-electron chi connectivity index (χ0n) is 15.1. The van der Waals surface area contributed by atoms with Gasteiger partial charge in [-0.05, 0) is 38.7 Å². The monoisotopic (exact) mass is 337 g/mol. The van der Waals surface area contributed by atoms with Crippen LogP contribution >= 0.6 is 0 Å². The van der Waals surface area contributed by atoms with Gasteiger partial charge in [0.1, 0.15) is 11.0 Å². The molecule has 1 atom stereocenters. The average Bonchev–Trinajstić information content (AvgIpc) is 2.42. The van der Waals surface area contributed by atoms with E-state index in [0.717, 1.165) is 5.56 Å². The van der Waals surface area contributed by atoms with Gasteiger partial charge in [-0.15, -0.1) is 0 Å². The van der Waals surface area contributed by atoms with Crippen LogP contribution < -0.4 is 0 Å². The third kappa shape index (κ3) is 5.57. The molecule has 0 aliphatic carbocycles. The Morgan fingerprint density at radius 2 is 1.61 bits per heavy atom. The molecule has 1 aromatic rings. The number of rotatable bonds is 4. The van der Waals surface area contributed by atoms with Crippen molar-refractivity contribution in [2.24, 2.45) is 4.40 Å². The van der Waals surface area contributed by atoms with E-state index >= 15 is 0 Å². The molecule has 23 heavy (non-hydrogen) atoms. The highest BCUT2D eigenvalue weighted by Crippen LogP contribution is 2.23. The van der Waals surface area contributed by atoms with E-state index in [1.807, 2.05) is 45.0 Å². The predicted molar refractivity (Wildman–Crippen MR) is 96.2 cm³/mol. The van der Waals surface area contributed by atoms with Crippen molar-refractivity contribution in [1.82, 2.24) is 0 Å². The molecule has 0 aromatic heterocycles. The van der Waals surface area contributed by atoms with Crippen LogP contribution in [0.2, 0.25) is 0 Å². The van der Waals surface area contributed by atoms with Gasteiger partial charge in [-0.3, -0.25) is 0 Å². The van der Waals surface area contributed by atoms with Crippen LogP contribution in [0.15, 0.2) is 28.7 Å². The highest BCUT2D eigenvalue weighted by Gasteiger charge is 2.24. The number of esters is 1. The maximum atomic E-state index is 12.3. The zero-order valence-corrected chi connectivity index (χ0v) is 15.9. The van der Waals surface area contributed by atoms with Crippen LogP contribution in [0.3, 0.4) is 0 Å². The van der Waals surface area contributed by atoms with Crippen LogP contribution in [0.4, 0.5) is 0 Å². The van der Waals surface area contributed by atoms with Crippen molar-refractivity contribution in [1.29, 1.82) is 0 Å². The fraction of sp³-hybridized carbons (Fsp3) is 0.556. The third-order valence-electron chi connectivity index (χ3n) is 3.19. The summed E-state index contributed by atoms with van der Waals surface area (Å²) < 4.78 is 21.0. The molecule has 128 valence electrons. The first kappa shape index (κ1) is 19.6. The Morgan fingerprint density at radius 3 is 2.00 bits per heavy atom. The fourth-order valence-electron chi connectivity index (χ4n) is 1.76. The van der Waals surface area contributed by atoms with Crippen molar-refractivity contribution < 1.29 is 13.7 Å². The first-order valence-electron chi connectivity index (χ1n) is 7.75. The van der Waals surface area contributed by atoms with Crippen molar-refractivity contribution >= 4 is 22.7 Å². The lowest BCUT2D eigenvalue weighted by Crippen LogP contribution is -2.25. The lowest BCUT2D eigenvalue weighted by molar-refractivity contribution is -0.134. The molecule has 1 aromatic carbocycles. The van der Waals surface area contributed by atoms with Crippen LogP contribution in [0.1, 0.15) is 59.6 Å². The van der Waals surface area contributed by atoms with E-state index < -0.39 is 21.7 Å². The summed E-state index contributed by atoms with van der Waals surface area (Å²) in [5.41, 5.74) is 1.91. The van der Waals surface area contributed by atoms with Crippen molar-refractivity contribution in [2.45, 2.75) is 58.6 Å². The molecule has 0 amide bonds. The van der Waals surface area contributed by atoms with E-state index in [0.29, 0.717) is 5.56 Å². The molecule has 0 saturated carbocycles. The Hall–Kier alpha value is -1.49. The Labute approximate surface area is 141 Å². The molecule has 0 radical (unpaired) electrons. The van der Waals surface area contributed by atoms with E-state index in [9.17, 15) is 9.00 Å². The largest absolute Gasteiger partial charge is 0.461 e. The highest BCUT2D eigenvalue weighted by molar-refractivity contribution is 7.85. The van der Waals surface area contributed by atoms with E-state index in [1.165, 1.54) is 0 Å². The maximum absolute atomic E-state index is 12.3. The SMILES string of the molecule is CCOC(=O)/C(=N/[S@](=O)C(C)(C)C)c1ccc(C(C)(C)C)cc1. The number of carbonyl (C=O) groups excluding carboxylic acids is 1. The number of ether oxygens (including phenoxy) is 1. The Bertz CT molecular complexity index is 605. The molecule has 0 spiro atoms. The molecule has 4 nitrogen and oxygen atoms in total. The molecular weight excluding hydrogens is 310 g/mol. The van der Waals surface area contributed by atoms with Crippen molar-refractivity contribution in [2.75, 3.05) is 6.61 Å². The third-order valence-corrected chi connectivity index (χ3v) is 4.59.